The molecule has 1 saturated heterocycles. The zero-order valence-corrected chi connectivity index (χ0v) is 25.0. The van der Waals surface area contributed by atoms with Crippen LogP contribution in [0.3, 0.4) is 0 Å². The fraction of sp³-hybridized carbons (Fsp3) is 0.367. The van der Waals surface area contributed by atoms with E-state index >= 15 is 0 Å². The van der Waals surface area contributed by atoms with Gasteiger partial charge in [-0.2, -0.15) is 13.2 Å². The van der Waals surface area contributed by atoms with Crippen LogP contribution in [0.25, 0.3) is 11.1 Å². The van der Waals surface area contributed by atoms with Gasteiger partial charge >= 0.3 is 12.1 Å². The fourth-order valence-corrected chi connectivity index (χ4v) is 5.68. The van der Waals surface area contributed by atoms with Gasteiger partial charge in [-0.15, -0.1) is 0 Å². The van der Waals surface area contributed by atoms with Crippen molar-refractivity contribution in [1.29, 1.82) is 0 Å². The van der Waals surface area contributed by atoms with Crippen LogP contribution in [0.4, 0.5) is 13.2 Å². The number of methoxy groups -OCH3 is 2. The highest BCUT2D eigenvalue weighted by Crippen LogP contribution is 2.35. The van der Waals surface area contributed by atoms with Crippen molar-refractivity contribution in [2.45, 2.75) is 43.0 Å². The van der Waals surface area contributed by atoms with Crippen molar-refractivity contribution in [3.63, 3.8) is 0 Å². The highest BCUT2D eigenvalue weighted by atomic mass is 32.2. The molecule has 1 heterocycles. The summed E-state index contributed by atoms with van der Waals surface area (Å²) < 4.78 is 72.0. The smallest absolute Gasteiger partial charge is 0.490 e. The molecular weight excluding hydrogens is 587 g/mol. The molecule has 0 saturated carbocycles. The first kappa shape index (κ1) is 33.8. The molecule has 4 rings (SSSR count). The largest absolute Gasteiger partial charge is 0.496 e. The van der Waals surface area contributed by atoms with Crippen molar-refractivity contribution in [2.75, 3.05) is 34.4 Å². The molecule has 0 bridgehead atoms. The number of carboxylic acids is 1. The molecule has 3 N–H and O–H groups in total. The number of ether oxygens (including phenoxy) is 2. The van der Waals surface area contributed by atoms with Gasteiger partial charge < -0.3 is 24.8 Å². The van der Waals surface area contributed by atoms with Gasteiger partial charge in [0.25, 0.3) is 0 Å². The van der Waals surface area contributed by atoms with Crippen LogP contribution >= 0.6 is 0 Å². The van der Waals surface area contributed by atoms with E-state index in [9.17, 15) is 21.6 Å². The molecule has 0 aromatic heterocycles. The van der Waals surface area contributed by atoms with Gasteiger partial charge in [-0.3, -0.25) is 0 Å². The van der Waals surface area contributed by atoms with Crippen LogP contribution in [0.2, 0.25) is 0 Å². The second-order valence-electron chi connectivity index (χ2n) is 9.97. The first-order valence-corrected chi connectivity index (χ1v) is 14.9. The normalized spacial score (nSPS) is 14.5. The molecular formula is C30H36F3N3O6S. The van der Waals surface area contributed by atoms with Crippen LogP contribution in [0.15, 0.2) is 71.6 Å². The minimum Gasteiger partial charge on any atom is -0.496 e. The maximum absolute atomic E-state index is 13.3. The lowest BCUT2D eigenvalue weighted by Crippen LogP contribution is -2.40. The maximum Gasteiger partial charge on any atom is 0.490 e. The number of piperidine rings is 1. The van der Waals surface area contributed by atoms with Crippen LogP contribution in [0.5, 0.6) is 11.5 Å². The van der Waals surface area contributed by atoms with E-state index in [-0.39, 0.29) is 11.4 Å². The third kappa shape index (κ3) is 9.95. The Kier molecular flexibility index (Phi) is 12.0. The minimum atomic E-state index is -5.08. The van der Waals surface area contributed by atoms with E-state index in [4.69, 9.17) is 19.4 Å². The van der Waals surface area contributed by atoms with Crippen molar-refractivity contribution in [3.05, 3.63) is 77.9 Å². The SMILES string of the molecule is COc1ccc(CNC2CCN(C)CC2)cc1-c1ccc(OC)c(S(=O)(=O)NCc2ccccc2)c1.O=C(O)C(F)(F)F. The number of likely N-dealkylation sites (tertiary alicyclic amines) is 1. The quantitative estimate of drug-likeness (QED) is 0.299. The Morgan fingerprint density at radius 1 is 0.930 bits per heavy atom. The van der Waals surface area contributed by atoms with E-state index in [1.54, 1.807) is 19.2 Å². The van der Waals surface area contributed by atoms with Gasteiger partial charge in [0.15, 0.2) is 0 Å². The zero-order valence-electron chi connectivity index (χ0n) is 24.1. The molecule has 234 valence electrons. The second kappa shape index (κ2) is 15.2. The van der Waals surface area contributed by atoms with Gasteiger partial charge in [-0.1, -0.05) is 42.5 Å². The summed E-state index contributed by atoms with van der Waals surface area (Å²) in [4.78, 5) is 11.3. The van der Waals surface area contributed by atoms with Gasteiger partial charge in [0.1, 0.15) is 16.4 Å². The number of sulfonamides is 1. The van der Waals surface area contributed by atoms with E-state index in [1.165, 1.54) is 7.11 Å². The van der Waals surface area contributed by atoms with Crippen molar-refractivity contribution in [2.24, 2.45) is 0 Å². The average Bonchev–Trinajstić information content (AvgIpc) is 2.99. The molecule has 0 amide bonds. The number of rotatable bonds is 10. The molecule has 3 aromatic carbocycles. The van der Waals surface area contributed by atoms with Gasteiger partial charge in [-0.25, -0.2) is 17.9 Å². The Morgan fingerprint density at radius 3 is 2.12 bits per heavy atom. The summed E-state index contributed by atoms with van der Waals surface area (Å²) in [5.41, 5.74) is 3.58. The van der Waals surface area contributed by atoms with Crippen LogP contribution in [-0.2, 0) is 27.9 Å². The van der Waals surface area contributed by atoms with Gasteiger partial charge in [0.05, 0.1) is 14.2 Å². The summed E-state index contributed by atoms with van der Waals surface area (Å²) in [6.45, 7) is 3.14. The molecule has 1 fully saturated rings. The average molecular weight is 624 g/mol. The molecule has 1 aliphatic rings. The van der Waals surface area contributed by atoms with Crippen molar-refractivity contribution >= 4 is 16.0 Å². The van der Waals surface area contributed by atoms with Crippen molar-refractivity contribution in [1.82, 2.24) is 14.9 Å². The lowest BCUT2D eigenvalue weighted by Gasteiger charge is -2.29. The monoisotopic (exact) mass is 623 g/mol. The number of hydrogen-bond donors (Lipinski definition) is 3. The number of alkyl halides is 3. The van der Waals surface area contributed by atoms with Crippen LogP contribution in [0, 0.1) is 0 Å². The first-order chi connectivity index (χ1) is 20.3. The van der Waals surface area contributed by atoms with Gasteiger partial charge in [-0.05, 0) is 73.9 Å². The summed E-state index contributed by atoms with van der Waals surface area (Å²) in [6, 6.07) is 21.2. The Labute approximate surface area is 249 Å². The summed E-state index contributed by atoms with van der Waals surface area (Å²) in [7, 11) is 1.43. The van der Waals surface area contributed by atoms with Crippen molar-refractivity contribution in [3.8, 4) is 22.6 Å². The van der Waals surface area contributed by atoms with Crippen molar-refractivity contribution < 1.29 is 41.0 Å². The highest BCUT2D eigenvalue weighted by Gasteiger charge is 2.38. The van der Waals surface area contributed by atoms with E-state index in [2.05, 4.69) is 28.1 Å². The Hall–Kier alpha value is -3.65. The predicted octanol–water partition coefficient (Wildman–Crippen LogP) is 4.67. The molecule has 9 nitrogen and oxygen atoms in total. The van der Waals surface area contributed by atoms with Crippen LogP contribution in [0.1, 0.15) is 24.0 Å². The summed E-state index contributed by atoms with van der Waals surface area (Å²) in [5, 5.41) is 10.8. The fourth-order valence-electron chi connectivity index (χ4n) is 4.47. The molecule has 1 aliphatic heterocycles. The van der Waals surface area contributed by atoms with Crippen LogP contribution < -0.4 is 19.5 Å². The molecule has 0 unspecified atom stereocenters. The lowest BCUT2D eigenvalue weighted by molar-refractivity contribution is -0.192. The minimum absolute atomic E-state index is 0.0929. The number of benzene rings is 3. The van der Waals surface area contributed by atoms with E-state index in [0.29, 0.717) is 17.5 Å². The highest BCUT2D eigenvalue weighted by molar-refractivity contribution is 7.89. The van der Waals surface area contributed by atoms with Crippen LogP contribution in [-0.4, -0.2) is 71.0 Å². The third-order valence-corrected chi connectivity index (χ3v) is 8.32. The Bertz CT molecular complexity index is 1460. The first-order valence-electron chi connectivity index (χ1n) is 13.4. The summed E-state index contributed by atoms with van der Waals surface area (Å²) in [5.74, 6) is -1.78. The van der Waals surface area contributed by atoms with Gasteiger partial charge in [0, 0.05) is 24.7 Å². The molecule has 0 atom stereocenters. The maximum atomic E-state index is 13.3. The Morgan fingerprint density at radius 2 is 1.53 bits per heavy atom. The standard InChI is InChI=1S/C28H35N3O4S.C2HF3O2/c1-31-15-13-24(14-16-31)29-19-22-9-11-26(34-2)25(17-22)23-10-12-27(35-3)28(18-23)36(32,33)30-20-21-7-5-4-6-8-21;3-2(4,5)1(6)7/h4-12,17-18,24,29-30H,13-16,19-20H2,1-3H3;(H,6,7). The topological polar surface area (TPSA) is 117 Å². The molecule has 13 heteroatoms. The number of nitrogens with zero attached hydrogens (tertiary/aromatic N) is 1. The third-order valence-electron chi connectivity index (χ3n) is 6.89. The Balaban J connectivity index is 0.000000646. The molecule has 0 aliphatic carbocycles. The number of carboxylic acid groups (broad SMARTS) is 1. The molecule has 0 radical (unpaired) electrons. The molecule has 43 heavy (non-hydrogen) atoms. The molecule has 3 aromatic rings. The van der Waals surface area contributed by atoms with E-state index in [0.717, 1.165) is 54.7 Å². The van der Waals surface area contributed by atoms with E-state index in [1.807, 2.05) is 48.5 Å². The number of carbonyl (C=O) groups is 1. The molecule has 0 spiro atoms. The number of hydrogen-bond acceptors (Lipinski definition) is 7. The predicted molar refractivity (Wildman–Crippen MR) is 156 cm³/mol. The summed E-state index contributed by atoms with van der Waals surface area (Å²) >= 11 is 0. The number of aliphatic carboxylic acids is 1. The van der Waals surface area contributed by atoms with Gasteiger partial charge in [0.2, 0.25) is 10.0 Å². The number of halogens is 3. The second-order valence-corrected chi connectivity index (χ2v) is 11.7. The zero-order chi connectivity index (χ0) is 31.6. The number of nitrogens with one attached hydrogen (secondary N) is 2. The van der Waals surface area contributed by atoms with E-state index < -0.39 is 22.2 Å². The summed E-state index contributed by atoms with van der Waals surface area (Å²) in [6.07, 6.45) is -2.82. The lowest BCUT2D eigenvalue weighted by atomic mass is 10.0.